The molecule has 11 heteroatoms. The first kappa shape index (κ1) is 28.8. The molecule has 7 nitrogen and oxygen atoms in total. The molecule has 0 atom stereocenters. The molecule has 0 radical (unpaired) electrons. The third-order valence-electron chi connectivity index (χ3n) is 5.82. The van der Waals surface area contributed by atoms with Crippen LogP contribution in [0.4, 0.5) is 0 Å². The lowest BCUT2D eigenvalue weighted by atomic mass is 10.2. The van der Waals surface area contributed by atoms with E-state index in [4.69, 9.17) is 13.1 Å². The molecule has 4 aromatic carbocycles. The van der Waals surface area contributed by atoms with Crippen molar-refractivity contribution >= 4 is 63.1 Å². The highest BCUT2D eigenvalue weighted by atomic mass is 32.2. The molecule has 6 rings (SSSR count). The minimum atomic E-state index is -3.82. The van der Waals surface area contributed by atoms with Crippen LogP contribution in [0.2, 0.25) is 0 Å². The van der Waals surface area contributed by atoms with Crippen molar-refractivity contribution in [2.45, 2.75) is 16.4 Å². The van der Waals surface area contributed by atoms with Gasteiger partial charge in [0.1, 0.15) is 21.3 Å². The monoisotopic (exact) mass is 624 g/mol. The zero-order valence-corrected chi connectivity index (χ0v) is 24.9. The summed E-state index contributed by atoms with van der Waals surface area (Å²) < 4.78 is 66.3. The van der Waals surface area contributed by atoms with E-state index >= 15 is 0 Å². The van der Waals surface area contributed by atoms with E-state index in [1.807, 2.05) is 29.0 Å². The number of thiophene rings is 2. The molecular weight excluding hydrogens is 601 g/mol. The molecule has 0 saturated heterocycles. The minimum Gasteiger partial charge on any atom is -0.380 e. The van der Waals surface area contributed by atoms with Crippen molar-refractivity contribution in [3.63, 3.8) is 0 Å². The Labute approximate surface area is 246 Å². The Bertz CT molecular complexity index is 1980. The Hall–Kier alpha value is -3.74. The maximum Gasteiger partial charge on any atom is 0.339 e. The number of methoxy groups -OCH3 is 1. The second kappa shape index (κ2) is 12.4. The molecule has 0 amide bonds. The zero-order valence-electron chi connectivity index (χ0n) is 21.7. The van der Waals surface area contributed by atoms with Crippen molar-refractivity contribution in [2.75, 3.05) is 7.11 Å². The van der Waals surface area contributed by atoms with E-state index in [1.54, 1.807) is 90.4 Å². The molecule has 0 aliphatic carbocycles. The van der Waals surface area contributed by atoms with Crippen LogP contribution in [0.1, 0.15) is 5.56 Å². The van der Waals surface area contributed by atoms with Gasteiger partial charge in [0.2, 0.25) is 0 Å². The third-order valence-corrected chi connectivity index (χ3v) is 10.3. The molecule has 210 valence electrons. The van der Waals surface area contributed by atoms with Crippen molar-refractivity contribution in [1.29, 1.82) is 0 Å². The highest BCUT2D eigenvalue weighted by Crippen LogP contribution is 2.31. The van der Waals surface area contributed by atoms with E-state index in [-0.39, 0.29) is 9.79 Å². The van der Waals surface area contributed by atoms with Gasteiger partial charge in [0.15, 0.2) is 0 Å². The lowest BCUT2D eigenvalue weighted by Crippen LogP contribution is -2.09. The molecule has 2 aromatic heterocycles. The van der Waals surface area contributed by atoms with Crippen LogP contribution in [0.5, 0.6) is 11.5 Å². The van der Waals surface area contributed by atoms with Gasteiger partial charge in [-0.05, 0) is 88.4 Å². The van der Waals surface area contributed by atoms with Crippen LogP contribution in [0, 0.1) is 0 Å². The maximum absolute atomic E-state index is 12.2. The summed E-state index contributed by atoms with van der Waals surface area (Å²) in [7, 11) is -5.95. The van der Waals surface area contributed by atoms with Crippen LogP contribution in [0.25, 0.3) is 20.2 Å². The maximum atomic E-state index is 12.2. The number of benzene rings is 4. The summed E-state index contributed by atoms with van der Waals surface area (Å²) >= 11 is 3.20. The van der Waals surface area contributed by atoms with Gasteiger partial charge in [-0.15, -0.1) is 22.7 Å². The minimum absolute atomic E-state index is 0.137. The fourth-order valence-electron chi connectivity index (χ4n) is 3.90. The molecule has 0 unspecified atom stereocenters. The predicted octanol–water partition coefficient (Wildman–Crippen LogP) is 7.48. The summed E-state index contributed by atoms with van der Waals surface area (Å²) in [4.78, 5) is 0.290. The molecule has 0 spiro atoms. The van der Waals surface area contributed by atoms with Gasteiger partial charge in [0.05, 0.1) is 6.61 Å². The molecule has 41 heavy (non-hydrogen) atoms. The topological polar surface area (TPSA) is 96.0 Å². The second-order valence-corrected chi connectivity index (χ2v) is 13.6. The molecule has 2 heterocycles. The van der Waals surface area contributed by atoms with Crippen LogP contribution in [-0.2, 0) is 31.6 Å². The van der Waals surface area contributed by atoms with Crippen molar-refractivity contribution < 1.29 is 29.9 Å². The number of rotatable bonds is 8. The van der Waals surface area contributed by atoms with E-state index in [9.17, 15) is 16.8 Å². The van der Waals surface area contributed by atoms with E-state index < -0.39 is 20.2 Å². The SMILES string of the molecule is COCc1csc2ccc(OS(=O)(=O)c3ccccc3)cc12.O=S(=O)(Oc1ccc2sccc2c1)c1ccccc1. The van der Waals surface area contributed by atoms with Gasteiger partial charge in [-0.3, -0.25) is 0 Å². The lowest BCUT2D eigenvalue weighted by molar-refractivity contribution is 0.186. The quantitative estimate of drug-likeness (QED) is 0.162. The van der Waals surface area contributed by atoms with Crippen LogP contribution in [-0.4, -0.2) is 23.9 Å². The summed E-state index contributed by atoms with van der Waals surface area (Å²) in [5.74, 6) is 0.627. The highest BCUT2D eigenvalue weighted by molar-refractivity contribution is 7.87. The van der Waals surface area contributed by atoms with Crippen LogP contribution >= 0.6 is 22.7 Å². The average molecular weight is 625 g/mol. The standard InChI is InChI=1S/C16H14O4S2.C14H10O3S2/c1-19-10-12-11-21-16-8-7-13(9-15(12)16)20-22(17,18)14-5-3-2-4-6-14;15-19(16,13-4-2-1-3-5-13)17-12-6-7-14-11(10-12)8-9-18-14/h2-9,11H,10H2,1H3;1-10H. The molecule has 6 aromatic rings. The Morgan fingerprint density at radius 2 is 1.20 bits per heavy atom. The van der Waals surface area contributed by atoms with Gasteiger partial charge in [-0.2, -0.15) is 16.8 Å². The second-order valence-electron chi connectivity index (χ2n) is 8.67. The van der Waals surface area contributed by atoms with Gasteiger partial charge in [0.25, 0.3) is 0 Å². The smallest absolute Gasteiger partial charge is 0.339 e. The molecule has 0 saturated carbocycles. The highest BCUT2D eigenvalue weighted by Gasteiger charge is 2.17. The number of fused-ring (bicyclic) bond motifs is 2. The van der Waals surface area contributed by atoms with Gasteiger partial charge in [0, 0.05) is 21.9 Å². The number of hydrogen-bond acceptors (Lipinski definition) is 9. The van der Waals surface area contributed by atoms with E-state index in [0.29, 0.717) is 18.1 Å². The molecule has 0 aliphatic rings. The van der Waals surface area contributed by atoms with E-state index in [0.717, 1.165) is 25.7 Å². The van der Waals surface area contributed by atoms with Gasteiger partial charge in [-0.1, -0.05) is 36.4 Å². The van der Waals surface area contributed by atoms with Crippen molar-refractivity contribution in [3.05, 3.63) is 119 Å². The van der Waals surface area contributed by atoms with Crippen molar-refractivity contribution in [1.82, 2.24) is 0 Å². The molecule has 0 N–H and O–H groups in total. The van der Waals surface area contributed by atoms with Crippen LogP contribution in [0.15, 0.2) is 124 Å². The van der Waals surface area contributed by atoms with Gasteiger partial charge >= 0.3 is 20.2 Å². The Morgan fingerprint density at radius 1 is 0.634 bits per heavy atom. The first-order valence-corrected chi connectivity index (χ1v) is 16.8. The Kier molecular flexibility index (Phi) is 8.71. The van der Waals surface area contributed by atoms with Crippen molar-refractivity contribution in [2.24, 2.45) is 0 Å². The summed E-state index contributed by atoms with van der Waals surface area (Å²) in [6.45, 7) is 0.481. The molecular formula is C30H24O7S4. The zero-order chi connectivity index (χ0) is 28.9. The normalized spacial score (nSPS) is 11.6. The third kappa shape index (κ3) is 6.95. The molecule has 0 bridgehead atoms. The van der Waals surface area contributed by atoms with Crippen LogP contribution < -0.4 is 8.37 Å². The first-order chi connectivity index (χ1) is 19.7. The molecule has 0 fully saturated rings. The Balaban J connectivity index is 0.000000166. The summed E-state index contributed by atoms with van der Waals surface area (Å²) in [5.41, 5.74) is 1.02. The summed E-state index contributed by atoms with van der Waals surface area (Å²) in [5, 5.41) is 5.89. The average Bonchev–Trinajstić information content (AvgIpc) is 3.61. The summed E-state index contributed by atoms with van der Waals surface area (Å²) in [6, 6.07) is 28.7. The largest absolute Gasteiger partial charge is 0.380 e. The predicted molar refractivity (Wildman–Crippen MR) is 163 cm³/mol. The van der Waals surface area contributed by atoms with E-state index in [2.05, 4.69) is 0 Å². The number of ether oxygens (including phenoxy) is 1. The fourth-order valence-corrected chi connectivity index (χ4v) is 7.49. The fraction of sp³-hybridized carbons (Fsp3) is 0.0667. The van der Waals surface area contributed by atoms with Crippen LogP contribution in [0.3, 0.4) is 0 Å². The van der Waals surface area contributed by atoms with Crippen molar-refractivity contribution in [3.8, 4) is 11.5 Å². The van der Waals surface area contributed by atoms with Gasteiger partial charge in [-0.25, -0.2) is 0 Å². The van der Waals surface area contributed by atoms with E-state index in [1.165, 1.54) is 24.3 Å². The lowest BCUT2D eigenvalue weighted by Gasteiger charge is -2.07. The van der Waals surface area contributed by atoms with Gasteiger partial charge < -0.3 is 13.1 Å². The number of hydrogen-bond donors (Lipinski definition) is 0. The molecule has 0 aliphatic heterocycles. The summed E-state index contributed by atoms with van der Waals surface area (Å²) in [6.07, 6.45) is 0. The first-order valence-electron chi connectivity index (χ1n) is 12.2. The Morgan fingerprint density at radius 3 is 1.78 bits per heavy atom.